The van der Waals surface area contributed by atoms with Crippen molar-refractivity contribution in [2.45, 2.75) is 32.8 Å². The minimum Gasteiger partial charge on any atom is -0.391 e. The van der Waals surface area contributed by atoms with Gasteiger partial charge in [-0.15, -0.1) is 11.3 Å². The fourth-order valence-corrected chi connectivity index (χ4v) is 2.90. The number of aliphatic hydroxyl groups excluding tert-OH is 1. The van der Waals surface area contributed by atoms with Crippen LogP contribution in [-0.2, 0) is 0 Å². The minimum atomic E-state index is -0.362. The number of fused-ring (bicyclic) bond motifs is 1. The van der Waals surface area contributed by atoms with Crippen molar-refractivity contribution in [2.75, 3.05) is 11.9 Å². The lowest BCUT2D eigenvalue weighted by atomic mass is 10.2. The lowest BCUT2D eigenvalue weighted by Crippen LogP contribution is -2.19. The van der Waals surface area contributed by atoms with E-state index in [1.807, 2.05) is 19.9 Å². The van der Waals surface area contributed by atoms with Crippen molar-refractivity contribution in [3.8, 4) is 0 Å². The van der Waals surface area contributed by atoms with Gasteiger partial charge in [-0.25, -0.2) is 9.97 Å². The zero-order valence-corrected chi connectivity index (χ0v) is 12.0. The van der Waals surface area contributed by atoms with Crippen molar-refractivity contribution in [1.82, 2.24) is 9.97 Å². The smallest absolute Gasteiger partial charge is 0.225 e. The predicted octanol–water partition coefficient (Wildman–Crippen LogP) is 3.23. The van der Waals surface area contributed by atoms with Crippen LogP contribution in [0.2, 0.25) is 5.28 Å². The van der Waals surface area contributed by atoms with E-state index in [2.05, 4.69) is 15.3 Å². The van der Waals surface area contributed by atoms with E-state index in [0.717, 1.165) is 23.1 Å². The van der Waals surface area contributed by atoms with Crippen LogP contribution in [0.1, 0.15) is 24.6 Å². The Morgan fingerprint density at radius 1 is 1.50 bits per heavy atom. The maximum absolute atomic E-state index is 9.72. The Bertz CT molecular complexity index is 543. The Morgan fingerprint density at radius 2 is 2.28 bits per heavy atom. The summed E-state index contributed by atoms with van der Waals surface area (Å²) in [5.41, 5.74) is 0. The van der Waals surface area contributed by atoms with E-state index in [9.17, 15) is 5.11 Å². The van der Waals surface area contributed by atoms with Gasteiger partial charge in [0.05, 0.1) is 11.5 Å². The monoisotopic (exact) mass is 285 g/mol. The average molecular weight is 286 g/mol. The normalized spacial score (nSPS) is 12.9. The van der Waals surface area contributed by atoms with Gasteiger partial charge in [-0.3, -0.25) is 0 Å². The average Bonchev–Trinajstić information content (AvgIpc) is 2.66. The molecule has 6 heteroatoms. The number of rotatable bonds is 5. The van der Waals surface area contributed by atoms with Crippen molar-refractivity contribution in [2.24, 2.45) is 0 Å². The van der Waals surface area contributed by atoms with Gasteiger partial charge in [-0.05, 0) is 31.0 Å². The molecule has 2 aromatic heterocycles. The molecule has 1 unspecified atom stereocenters. The van der Waals surface area contributed by atoms with Gasteiger partial charge in [0, 0.05) is 11.4 Å². The number of anilines is 1. The highest BCUT2D eigenvalue weighted by Gasteiger charge is 2.10. The van der Waals surface area contributed by atoms with Gasteiger partial charge in [-0.1, -0.05) is 13.3 Å². The van der Waals surface area contributed by atoms with Crippen molar-refractivity contribution in [3.63, 3.8) is 0 Å². The quantitative estimate of drug-likeness (QED) is 0.828. The van der Waals surface area contributed by atoms with Crippen LogP contribution in [-0.4, -0.2) is 27.7 Å². The van der Waals surface area contributed by atoms with Crippen molar-refractivity contribution in [1.29, 1.82) is 0 Å². The van der Waals surface area contributed by atoms with E-state index < -0.39 is 0 Å². The lowest BCUT2D eigenvalue weighted by Gasteiger charge is -2.11. The number of hydrogen-bond donors (Lipinski definition) is 2. The largest absolute Gasteiger partial charge is 0.391 e. The molecule has 1 atom stereocenters. The summed E-state index contributed by atoms with van der Waals surface area (Å²) in [6.45, 7) is 4.55. The topological polar surface area (TPSA) is 58.0 Å². The highest BCUT2D eigenvalue weighted by Crippen LogP contribution is 2.29. The number of aryl methyl sites for hydroxylation is 1. The molecule has 0 saturated carbocycles. The summed E-state index contributed by atoms with van der Waals surface area (Å²) < 4.78 is 0. The third kappa shape index (κ3) is 3.10. The highest BCUT2D eigenvalue weighted by atomic mass is 35.5. The molecule has 0 aromatic carbocycles. The molecule has 2 aromatic rings. The number of hydrogen-bond acceptors (Lipinski definition) is 5. The summed E-state index contributed by atoms with van der Waals surface area (Å²) in [6.07, 6.45) is 1.37. The number of thiophene rings is 1. The maximum Gasteiger partial charge on any atom is 0.225 e. The summed E-state index contributed by atoms with van der Waals surface area (Å²) in [7, 11) is 0. The second-order valence-corrected chi connectivity index (χ2v) is 5.81. The molecule has 0 aliphatic rings. The molecule has 2 heterocycles. The van der Waals surface area contributed by atoms with E-state index in [0.29, 0.717) is 12.4 Å². The van der Waals surface area contributed by atoms with Crippen LogP contribution in [0.15, 0.2) is 6.07 Å². The minimum absolute atomic E-state index is 0.233. The molecule has 0 amide bonds. The number of aromatic nitrogens is 2. The Labute approximate surface area is 115 Å². The molecular weight excluding hydrogens is 270 g/mol. The van der Waals surface area contributed by atoms with E-state index >= 15 is 0 Å². The molecule has 2 rings (SSSR count). The van der Waals surface area contributed by atoms with Crippen LogP contribution in [0.4, 0.5) is 5.82 Å². The first-order chi connectivity index (χ1) is 8.60. The lowest BCUT2D eigenvalue weighted by molar-refractivity contribution is 0.176. The Kier molecular flexibility index (Phi) is 4.37. The van der Waals surface area contributed by atoms with Gasteiger partial charge < -0.3 is 10.4 Å². The summed E-state index contributed by atoms with van der Waals surface area (Å²) in [6, 6.07) is 2.03. The van der Waals surface area contributed by atoms with Crippen LogP contribution in [0.25, 0.3) is 10.2 Å². The molecule has 0 saturated heterocycles. The van der Waals surface area contributed by atoms with Crippen LogP contribution >= 0.6 is 22.9 Å². The van der Waals surface area contributed by atoms with E-state index in [1.54, 1.807) is 11.3 Å². The fraction of sp³-hybridized carbons (Fsp3) is 0.500. The molecule has 18 heavy (non-hydrogen) atoms. The zero-order valence-electron chi connectivity index (χ0n) is 10.4. The first kappa shape index (κ1) is 13.5. The molecule has 0 bridgehead atoms. The molecule has 0 radical (unpaired) electrons. The Morgan fingerprint density at radius 3 is 3.00 bits per heavy atom. The van der Waals surface area contributed by atoms with Crippen molar-refractivity contribution >= 4 is 39.0 Å². The molecule has 0 aliphatic carbocycles. The summed E-state index contributed by atoms with van der Waals surface area (Å²) in [4.78, 5) is 10.4. The van der Waals surface area contributed by atoms with Gasteiger partial charge in [0.25, 0.3) is 0 Å². The number of nitrogens with one attached hydrogen (secondary N) is 1. The zero-order chi connectivity index (χ0) is 13.1. The molecule has 98 valence electrons. The van der Waals surface area contributed by atoms with Gasteiger partial charge >= 0.3 is 0 Å². The standard InChI is InChI=1S/C12H16ClN3OS/c1-3-4-8(17)6-14-10-9-5-7(2)18-11(9)16-12(13)15-10/h5,8,17H,3-4,6H2,1-2H3,(H,14,15,16). The van der Waals surface area contributed by atoms with E-state index in [4.69, 9.17) is 11.6 Å². The predicted molar refractivity (Wildman–Crippen MR) is 76.6 cm³/mol. The summed E-state index contributed by atoms with van der Waals surface area (Å²) >= 11 is 7.48. The molecular formula is C12H16ClN3OS. The number of aliphatic hydroxyl groups is 1. The molecule has 0 fully saturated rings. The molecule has 0 spiro atoms. The van der Waals surface area contributed by atoms with Gasteiger partial charge in [-0.2, -0.15) is 0 Å². The van der Waals surface area contributed by atoms with Gasteiger partial charge in [0.1, 0.15) is 10.6 Å². The second kappa shape index (κ2) is 5.82. The second-order valence-electron chi connectivity index (χ2n) is 4.24. The van der Waals surface area contributed by atoms with Gasteiger partial charge in [0.2, 0.25) is 5.28 Å². The Balaban J connectivity index is 2.21. The highest BCUT2D eigenvalue weighted by molar-refractivity contribution is 7.18. The summed E-state index contributed by atoms with van der Waals surface area (Å²) in [5, 5.41) is 14.1. The van der Waals surface area contributed by atoms with Crippen LogP contribution in [0.5, 0.6) is 0 Å². The molecule has 2 N–H and O–H groups in total. The Hall–Kier alpha value is -0.910. The van der Waals surface area contributed by atoms with Crippen molar-refractivity contribution in [3.05, 3.63) is 16.2 Å². The third-order valence-electron chi connectivity index (χ3n) is 2.62. The fourth-order valence-electron chi connectivity index (χ4n) is 1.80. The first-order valence-corrected chi connectivity index (χ1v) is 7.15. The first-order valence-electron chi connectivity index (χ1n) is 5.95. The van der Waals surface area contributed by atoms with Crippen LogP contribution in [0, 0.1) is 6.92 Å². The van der Waals surface area contributed by atoms with Gasteiger partial charge in [0.15, 0.2) is 0 Å². The van der Waals surface area contributed by atoms with Crippen LogP contribution < -0.4 is 5.32 Å². The number of nitrogens with zero attached hydrogens (tertiary/aromatic N) is 2. The van der Waals surface area contributed by atoms with Crippen molar-refractivity contribution < 1.29 is 5.11 Å². The summed E-state index contributed by atoms with van der Waals surface area (Å²) in [5.74, 6) is 0.699. The SMILES string of the molecule is CCCC(O)CNc1nc(Cl)nc2sc(C)cc12. The maximum atomic E-state index is 9.72. The third-order valence-corrected chi connectivity index (χ3v) is 3.73. The molecule has 4 nitrogen and oxygen atoms in total. The van der Waals surface area contributed by atoms with E-state index in [-0.39, 0.29) is 11.4 Å². The number of halogens is 1. The van der Waals surface area contributed by atoms with E-state index in [1.165, 1.54) is 4.88 Å². The molecule has 0 aliphatic heterocycles. The van der Waals surface area contributed by atoms with Crippen LogP contribution in [0.3, 0.4) is 0 Å².